The Hall–Kier alpha value is -1.85. The van der Waals surface area contributed by atoms with Crippen molar-refractivity contribution < 1.29 is 14.3 Å². The highest BCUT2D eigenvalue weighted by atomic mass is 16.6. The summed E-state index contributed by atoms with van der Waals surface area (Å²) in [4.78, 5) is 25.2. The number of hydrogen-bond acceptors (Lipinski definition) is 4. The van der Waals surface area contributed by atoms with Crippen LogP contribution in [0, 0.1) is 0 Å². The minimum atomic E-state index is -0.560. The first-order chi connectivity index (χ1) is 8.28. The Labute approximate surface area is 106 Å². The van der Waals surface area contributed by atoms with E-state index in [1.165, 1.54) is 4.90 Å². The van der Waals surface area contributed by atoms with E-state index in [0.29, 0.717) is 12.2 Å². The number of hydrogen-bond donors (Lipinski definition) is 0. The fourth-order valence-electron chi connectivity index (χ4n) is 1.92. The molecule has 0 radical (unpaired) electrons. The summed E-state index contributed by atoms with van der Waals surface area (Å²) < 4.78 is 6.80. The van der Waals surface area contributed by atoms with E-state index in [4.69, 9.17) is 4.74 Å². The van der Waals surface area contributed by atoms with Crippen LogP contribution in [-0.4, -0.2) is 38.7 Å². The fraction of sp³-hybridized carbons (Fsp3) is 0.583. The molecule has 0 atom stereocenters. The number of Topliss-reactive ketones (excluding diaryl/α,β-unsaturated/α-hetero) is 1. The highest BCUT2D eigenvalue weighted by molar-refractivity contribution is 6.00. The van der Waals surface area contributed by atoms with Crippen LogP contribution in [0.3, 0.4) is 0 Å². The molecular formula is C12H17N3O3. The molecule has 0 N–H and O–H groups in total. The molecule has 2 rings (SSSR count). The lowest BCUT2D eigenvalue weighted by Crippen LogP contribution is -2.42. The van der Waals surface area contributed by atoms with Crippen molar-refractivity contribution >= 4 is 11.9 Å². The number of aromatic nitrogens is 2. The van der Waals surface area contributed by atoms with Gasteiger partial charge < -0.3 is 4.74 Å². The summed E-state index contributed by atoms with van der Waals surface area (Å²) in [5, 5.41) is 4.03. The van der Waals surface area contributed by atoms with Gasteiger partial charge in [-0.15, -0.1) is 0 Å². The summed E-state index contributed by atoms with van der Waals surface area (Å²) in [6.07, 6.45) is 1.15. The minimum absolute atomic E-state index is 0.0431. The second-order valence-corrected chi connectivity index (χ2v) is 5.40. The van der Waals surface area contributed by atoms with Gasteiger partial charge in [-0.05, 0) is 20.8 Å². The minimum Gasteiger partial charge on any atom is -0.444 e. The molecule has 1 aliphatic rings. The Balaban J connectivity index is 2.16. The van der Waals surface area contributed by atoms with Gasteiger partial charge in [0.2, 0.25) is 5.78 Å². The zero-order valence-corrected chi connectivity index (χ0v) is 11.1. The van der Waals surface area contributed by atoms with Gasteiger partial charge in [0, 0.05) is 12.6 Å². The second kappa shape index (κ2) is 4.12. The van der Waals surface area contributed by atoms with Crippen LogP contribution >= 0.6 is 0 Å². The summed E-state index contributed by atoms with van der Waals surface area (Å²) >= 11 is 0. The Morgan fingerprint density at radius 2 is 2.06 bits per heavy atom. The Morgan fingerprint density at radius 3 is 2.67 bits per heavy atom. The van der Waals surface area contributed by atoms with E-state index in [-0.39, 0.29) is 12.3 Å². The molecule has 0 aliphatic carbocycles. The first-order valence-corrected chi connectivity index (χ1v) is 5.80. The molecule has 0 spiro atoms. The lowest BCUT2D eigenvalue weighted by molar-refractivity contribution is 0.0219. The number of nitrogens with zero attached hydrogens (tertiary/aromatic N) is 3. The van der Waals surface area contributed by atoms with Crippen molar-refractivity contribution in [2.75, 3.05) is 6.54 Å². The summed E-state index contributed by atoms with van der Waals surface area (Å²) in [7, 11) is 1.72. The summed E-state index contributed by atoms with van der Waals surface area (Å²) in [5.74, 6) is -0.109. The summed E-state index contributed by atoms with van der Waals surface area (Å²) in [6.45, 7) is 5.80. The number of ketones is 1. The van der Waals surface area contributed by atoms with E-state index < -0.39 is 11.7 Å². The SMILES string of the molecule is Cn1ncc2c1C(=O)CN(C(=O)OC(C)(C)C)C2. The van der Waals surface area contributed by atoms with Gasteiger partial charge in [-0.1, -0.05) is 0 Å². The number of ether oxygens (including phenoxy) is 1. The topological polar surface area (TPSA) is 64.4 Å². The quantitative estimate of drug-likeness (QED) is 0.698. The molecule has 18 heavy (non-hydrogen) atoms. The molecule has 0 unspecified atom stereocenters. The van der Waals surface area contributed by atoms with E-state index >= 15 is 0 Å². The van der Waals surface area contributed by atoms with Crippen LogP contribution < -0.4 is 0 Å². The van der Waals surface area contributed by atoms with Crippen LogP contribution in [0.5, 0.6) is 0 Å². The first-order valence-electron chi connectivity index (χ1n) is 5.80. The van der Waals surface area contributed by atoms with E-state index in [1.807, 2.05) is 0 Å². The van der Waals surface area contributed by atoms with Crippen LogP contribution in [0.1, 0.15) is 36.8 Å². The first kappa shape index (κ1) is 12.6. The van der Waals surface area contributed by atoms with E-state index in [1.54, 1.807) is 38.7 Å². The molecule has 0 saturated carbocycles. The van der Waals surface area contributed by atoms with Crippen molar-refractivity contribution in [3.63, 3.8) is 0 Å². The van der Waals surface area contributed by atoms with Crippen molar-refractivity contribution in [1.82, 2.24) is 14.7 Å². The molecule has 1 amide bonds. The van der Waals surface area contributed by atoms with Gasteiger partial charge in [-0.3, -0.25) is 14.4 Å². The van der Waals surface area contributed by atoms with Crippen LogP contribution in [0.4, 0.5) is 4.79 Å². The van der Waals surface area contributed by atoms with Gasteiger partial charge in [0.1, 0.15) is 11.3 Å². The largest absolute Gasteiger partial charge is 0.444 e. The molecule has 1 aliphatic heterocycles. The predicted molar refractivity (Wildman–Crippen MR) is 64.2 cm³/mol. The van der Waals surface area contributed by atoms with Crippen LogP contribution in [0.15, 0.2) is 6.20 Å². The van der Waals surface area contributed by atoms with Crippen molar-refractivity contribution in [3.05, 3.63) is 17.5 Å². The number of amides is 1. The number of carbonyl (C=O) groups is 2. The molecule has 1 aromatic heterocycles. The number of fused-ring (bicyclic) bond motifs is 1. The molecule has 6 nitrogen and oxygen atoms in total. The molecular weight excluding hydrogens is 234 g/mol. The maximum atomic E-state index is 11.9. The van der Waals surface area contributed by atoms with Gasteiger partial charge in [0.25, 0.3) is 0 Å². The zero-order valence-electron chi connectivity index (χ0n) is 11.1. The van der Waals surface area contributed by atoms with Crippen molar-refractivity contribution in [1.29, 1.82) is 0 Å². The van der Waals surface area contributed by atoms with Crippen LogP contribution in [0.25, 0.3) is 0 Å². The number of rotatable bonds is 0. The van der Waals surface area contributed by atoms with E-state index in [0.717, 1.165) is 5.56 Å². The number of carbonyl (C=O) groups excluding carboxylic acids is 2. The maximum absolute atomic E-state index is 11.9. The standard InChI is InChI=1S/C12H17N3O3/c1-12(2,3)18-11(17)15-6-8-5-13-14(4)10(8)9(16)7-15/h5H,6-7H2,1-4H3. The Bertz CT molecular complexity index is 499. The van der Waals surface area contributed by atoms with Crippen LogP contribution in [0.2, 0.25) is 0 Å². The smallest absolute Gasteiger partial charge is 0.411 e. The van der Waals surface area contributed by atoms with Gasteiger partial charge >= 0.3 is 6.09 Å². The van der Waals surface area contributed by atoms with Gasteiger partial charge in [-0.25, -0.2) is 4.79 Å². The average molecular weight is 251 g/mol. The molecule has 0 bridgehead atoms. The monoisotopic (exact) mass is 251 g/mol. The molecule has 1 aromatic rings. The number of aryl methyl sites for hydroxylation is 1. The van der Waals surface area contributed by atoms with E-state index in [9.17, 15) is 9.59 Å². The third-order valence-electron chi connectivity index (χ3n) is 2.63. The molecule has 0 aromatic carbocycles. The highest BCUT2D eigenvalue weighted by Gasteiger charge is 2.31. The van der Waals surface area contributed by atoms with Gasteiger partial charge in [-0.2, -0.15) is 5.10 Å². The zero-order chi connectivity index (χ0) is 13.5. The maximum Gasteiger partial charge on any atom is 0.411 e. The normalized spacial score (nSPS) is 15.6. The molecule has 98 valence electrons. The molecule has 0 saturated heterocycles. The average Bonchev–Trinajstić information content (AvgIpc) is 2.58. The molecule has 2 heterocycles. The van der Waals surface area contributed by atoms with Crippen LogP contribution in [-0.2, 0) is 18.3 Å². The highest BCUT2D eigenvalue weighted by Crippen LogP contribution is 2.20. The van der Waals surface area contributed by atoms with E-state index in [2.05, 4.69) is 5.10 Å². The summed E-state index contributed by atoms with van der Waals surface area (Å²) in [5.41, 5.74) is 0.782. The lowest BCUT2D eigenvalue weighted by atomic mass is 10.1. The van der Waals surface area contributed by atoms with Crippen molar-refractivity contribution in [3.8, 4) is 0 Å². The van der Waals surface area contributed by atoms with Crippen molar-refractivity contribution in [2.45, 2.75) is 32.9 Å². The summed E-state index contributed by atoms with van der Waals surface area (Å²) in [6, 6.07) is 0. The molecule has 6 heteroatoms. The second-order valence-electron chi connectivity index (χ2n) is 5.40. The van der Waals surface area contributed by atoms with Gasteiger partial charge in [0.05, 0.1) is 19.3 Å². The lowest BCUT2D eigenvalue weighted by Gasteiger charge is -2.29. The Kier molecular flexibility index (Phi) is 2.88. The predicted octanol–water partition coefficient (Wildman–Crippen LogP) is 1.35. The van der Waals surface area contributed by atoms with Crippen molar-refractivity contribution in [2.24, 2.45) is 7.05 Å². The third-order valence-corrected chi connectivity index (χ3v) is 2.63. The third kappa shape index (κ3) is 2.37. The molecule has 0 fully saturated rings. The van der Waals surface area contributed by atoms with Gasteiger partial charge in [0.15, 0.2) is 0 Å². The fourth-order valence-corrected chi connectivity index (χ4v) is 1.92. The Morgan fingerprint density at radius 1 is 1.39 bits per heavy atom.